The Bertz CT molecular complexity index is 1050. The molecule has 134 valence electrons. The first-order valence-corrected chi connectivity index (χ1v) is 9.32. The summed E-state index contributed by atoms with van der Waals surface area (Å²) in [6, 6.07) is 12.8. The van der Waals surface area contributed by atoms with E-state index in [-0.39, 0.29) is 11.9 Å². The maximum atomic E-state index is 12.6. The summed E-state index contributed by atoms with van der Waals surface area (Å²) in [5.74, 6) is -0.609. The van der Waals surface area contributed by atoms with Crippen molar-refractivity contribution in [3.63, 3.8) is 0 Å². The van der Waals surface area contributed by atoms with E-state index in [0.29, 0.717) is 29.1 Å². The van der Waals surface area contributed by atoms with Gasteiger partial charge in [-0.2, -0.15) is 4.99 Å². The molecule has 0 spiro atoms. The minimum Gasteiger partial charge on any atom is -0.462 e. The van der Waals surface area contributed by atoms with Gasteiger partial charge in [-0.3, -0.25) is 4.79 Å². The second-order valence-corrected chi connectivity index (χ2v) is 6.77. The Morgan fingerprint density at radius 3 is 2.62 bits per heavy atom. The van der Waals surface area contributed by atoms with Gasteiger partial charge in [-0.05, 0) is 50.6 Å². The van der Waals surface area contributed by atoms with E-state index in [2.05, 4.69) is 4.99 Å². The average molecular weight is 368 g/mol. The lowest BCUT2D eigenvalue weighted by molar-refractivity contribution is 0.0526. The first-order valence-electron chi connectivity index (χ1n) is 8.50. The van der Waals surface area contributed by atoms with Crippen LogP contribution in [-0.2, 0) is 11.3 Å². The fraction of sp³-hybridized carbons (Fsp3) is 0.250. The molecule has 0 unspecified atom stereocenters. The standard InChI is InChI=1S/C20H20N2O3S/c1-4-22-16-11-10-14(19(24)25-5-2)12-17(16)26-20(22)21-18(23)15-9-7-6-8-13(15)3/h6-12H,4-5H2,1-3H3. The van der Waals surface area contributed by atoms with Crippen molar-refractivity contribution in [3.05, 3.63) is 64.0 Å². The number of hydrogen-bond acceptors (Lipinski definition) is 4. The number of esters is 1. The van der Waals surface area contributed by atoms with Crippen molar-refractivity contribution in [1.29, 1.82) is 0 Å². The lowest BCUT2D eigenvalue weighted by Crippen LogP contribution is -2.16. The van der Waals surface area contributed by atoms with Gasteiger partial charge in [0.2, 0.25) is 0 Å². The van der Waals surface area contributed by atoms with E-state index in [9.17, 15) is 9.59 Å². The Labute approximate surface area is 155 Å². The number of fused-ring (bicyclic) bond motifs is 1. The Morgan fingerprint density at radius 1 is 1.15 bits per heavy atom. The van der Waals surface area contributed by atoms with Crippen LogP contribution < -0.4 is 4.80 Å². The predicted octanol–water partition coefficient (Wildman–Crippen LogP) is 3.95. The largest absolute Gasteiger partial charge is 0.462 e. The molecule has 0 atom stereocenters. The van der Waals surface area contributed by atoms with Gasteiger partial charge in [0.25, 0.3) is 5.91 Å². The zero-order valence-electron chi connectivity index (χ0n) is 15.0. The smallest absolute Gasteiger partial charge is 0.338 e. The molecule has 3 aromatic rings. The van der Waals surface area contributed by atoms with Crippen LogP contribution in [0, 0.1) is 6.92 Å². The summed E-state index contributed by atoms with van der Waals surface area (Å²) < 4.78 is 7.93. The molecule has 0 saturated carbocycles. The van der Waals surface area contributed by atoms with Crippen LogP contribution in [0.3, 0.4) is 0 Å². The molecule has 2 aromatic carbocycles. The van der Waals surface area contributed by atoms with Gasteiger partial charge >= 0.3 is 5.97 Å². The summed E-state index contributed by atoms with van der Waals surface area (Å²) in [4.78, 5) is 29.5. The van der Waals surface area contributed by atoms with Gasteiger partial charge in [0, 0.05) is 12.1 Å². The van der Waals surface area contributed by atoms with Crippen molar-refractivity contribution < 1.29 is 14.3 Å². The Hall–Kier alpha value is -2.73. The van der Waals surface area contributed by atoms with Gasteiger partial charge in [0.05, 0.1) is 22.4 Å². The van der Waals surface area contributed by atoms with E-state index in [1.165, 1.54) is 11.3 Å². The van der Waals surface area contributed by atoms with Crippen LogP contribution in [0.15, 0.2) is 47.5 Å². The van der Waals surface area contributed by atoms with E-state index in [1.807, 2.05) is 42.7 Å². The maximum Gasteiger partial charge on any atom is 0.338 e. The molecule has 0 aliphatic carbocycles. The molecule has 0 aliphatic heterocycles. The van der Waals surface area contributed by atoms with Crippen LogP contribution in [0.4, 0.5) is 0 Å². The highest BCUT2D eigenvalue weighted by Gasteiger charge is 2.13. The number of rotatable bonds is 4. The Morgan fingerprint density at radius 2 is 1.92 bits per heavy atom. The van der Waals surface area contributed by atoms with Crippen LogP contribution in [0.5, 0.6) is 0 Å². The molecule has 1 heterocycles. The van der Waals surface area contributed by atoms with Crippen molar-refractivity contribution in [2.24, 2.45) is 4.99 Å². The third-order valence-electron chi connectivity index (χ3n) is 4.08. The molecule has 0 fully saturated rings. The van der Waals surface area contributed by atoms with Gasteiger partial charge in [-0.15, -0.1) is 0 Å². The molecule has 0 bridgehead atoms. The number of carbonyl (C=O) groups excluding carboxylic acids is 2. The zero-order valence-corrected chi connectivity index (χ0v) is 15.8. The number of amides is 1. The monoisotopic (exact) mass is 368 g/mol. The minimum absolute atomic E-state index is 0.262. The number of carbonyl (C=O) groups is 2. The number of ether oxygens (including phenoxy) is 1. The van der Waals surface area contributed by atoms with Gasteiger partial charge in [-0.1, -0.05) is 29.5 Å². The van der Waals surface area contributed by atoms with Crippen LogP contribution in [-0.4, -0.2) is 23.1 Å². The highest BCUT2D eigenvalue weighted by atomic mass is 32.1. The number of nitrogens with zero attached hydrogens (tertiary/aromatic N) is 2. The second kappa shape index (κ2) is 7.66. The van der Waals surface area contributed by atoms with Crippen molar-refractivity contribution in [1.82, 2.24) is 4.57 Å². The summed E-state index contributed by atoms with van der Waals surface area (Å²) >= 11 is 1.39. The molecule has 3 rings (SSSR count). The number of benzene rings is 2. The molecule has 0 radical (unpaired) electrons. The molecule has 0 saturated heterocycles. The van der Waals surface area contributed by atoms with E-state index >= 15 is 0 Å². The maximum absolute atomic E-state index is 12.6. The molecule has 0 aliphatic rings. The lowest BCUT2D eigenvalue weighted by Gasteiger charge is -2.03. The molecule has 0 N–H and O–H groups in total. The molecular weight excluding hydrogens is 348 g/mol. The molecule has 1 aromatic heterocycles. The fourth-order valence-corrected chi connectivity index (χ4v) is 3.90. The van der Waals surface area contributed by atoms with Gasteiger partial charge in [0.15, 0.2) is 4.80 Å². The van der Waals surface area contributed by atoms with Crippen LogP contribution in [0.2, 0.25) is 0 Å². The highest BCUT2D eigenvalue weighted by Crippen LogP contribution is 2.20. The summed E-state index contributed by atoms with van der Waals surface area (Å²) in [6.07, 6.45) is 0. The van der Waals surface area contributed by atoms with Crippen LogP contribution in [0.1, 0.15) is 40.1 Å². The zero-order chi connectivity index (χ0) is 18.7. The minimum atomic E-state index is -0.347. The predicted molar refractivity (Wildman–Crippen MR) is 103 cm³/mol. The van der Waals surface area contributed by atoms with E-state index in [4.69, 9.17) is 4.74 Å². The number of aromatic nitrogens is 1. The first kappa shape index (κ1) is 18.1. The van der Waals surface area contributed by atoms with E-state index in [0.717, 1.165) is 15.8 Å². The van der Waals surface area contributed by atoms with Crippen LogP contribution >= 0.6 is 11.3 Å². The Kier molecular flexibility index (Phi) is 5.32. The summed E-state index contributed by atoms with van der Waals surface area (Å²) in [5.41, 5.74) is 2.94. The van der Waals surface area contributed by atoms with Crippen LogP contribution in [0.25, 0.3) is 10.2 Å². The number of hydrogen-bond donors (Lipinski definition) is 0. The third kappa shape index (κ3) is 3.46. The van der Waals surface area contributed by atoms with Gasteiger partial charge in [0.1, 0.15) is 0 Å². The van der Waals surface area contributed by atoms with E-state index < -0.39 is 0 Å². The lowest BCUT2D eigenvalue weighted by atomic mass is 10.1. The SMILES string of the molecule is CCOC(=O)c1ccc2c(c1)sc(=NC(=O)c1ccccc1C)n2CC. The number of aryl methyl sites for hydroxylation is 2. The molecule has 26 heavy (non-hydrogen) atoms. The van der Waals surface area contributed by atoms with E-state index in [1.54, 1.807) is 25.1 Å². The molecule has 6 heteroatoms. The third-order valence-corrected chi connectivity index (χ3v) is 5.12. The molecule has 1 amide bonds. The quantitative estimate of drug-likeness (QED) is 0.655. The van der Waals surface area contributed by atoms with Crippen molar-refractivity contribution in [2.75, 3.05) is 6.61 Å². The normalized spacial score (nSPS) is 11.7. The van der Waals surface area contributed by atoms with Crippen molar-refractivity contribution in [2.45, 2.75) is 27.3 Å². The fourth-order valence-electron chi connectivity index (χ4n) is 2.77. The topological polar surface area (TPSA) is 60.7 Å². The van der Waals surface area contributed by atoms with Crippen molar-refractivity contribution in [3.8, 4) is 0 Å². The first-order chi connectivity index (χ1) is 12.5. The van der Waals surface area contributed by atoms with Gasteiger partial charge in [-0.25, -0.2) is 4.79 Å². The highest BCUT2D eigenvalue weighted by molar-refractivity contribution is 7.16. The average Bonchev–Trinajstić information content (AvgIpc) is 2.98. The van der Waals surface area contributed by atoms with Crippen molar-refractivity contribution >= 4 is 33.4 Å². The summed E-state index contributed by atoms with van der Waals surface area (Å²) in [5, 5.41) is 0. The number of thiazole rings is 1. The molecular formula is C20H20N2O3S. The second-order valence-electron chi connectivity index (χ2n) is 5.76. The Balaban J connectivity index is 2.09. The summed E-state index contributed by atoms with van der Waals surface area (Å²) in [7, 11) is 0. The van der Waals surface area contributed by atoms with Gasteiger partial charge < -0.3 is 9.30 Å². The molecule has 5 nitrogen and oxygen atoms in total. The summed E-state index contributed by atoms with van der Waals surface area (Å²) in [6.45, 7) is 6.69.